The monoisotopic (exact) mass is 315 g/mol. The van der Waals surface area contributed by atoms with Gasteiger partial charge in [0.2, 0.25) is 0 Å². The quantitative estimate of drug-likeness (QED) is 0.761. The second-order valence-corrected chi connectivity index (χ2v) is 7.20. The predicted molar refractivity (Wildman–Crippen MR) is 84.0 cm³/mol. The Bertz CT molecular complexity index is 406. The Labute approximate surface area is 132 Å². The maximum atomic E-state index is 11.9. The van der Waals surface area contributed by atoms with Gasteiger partial charge >= 0.3 is 12.1 Å². The van der Waals surface area contributed by atoms with E-state index >= 15 is 0 Å². The molecule has 7 nitrogen and oxygen atoms in total. The van der Waals surface area contributed by atoms with Crippen molar-refractivity contribution < 1.29 is 19.4 Å². The number of alkyl carbamates (subject to hydrolysis) is 1. The Kier molecular flexibility index (Phi) is 6.19. The van der Waals surface area contributed by atoms with Crippen molar-refractivity contribution in [2.75, 3.05) is 40.3 Å². The molecule has 1 aliphatic rings. The van der Waals surface area contributed by atoms with Crippen molar-refractivity contribution in [3.8, 4) is 0 Å². The number of carbonyl (C=O) groups excluding carboxylic acids is 1. The van der Waals surface area contributed by atoms with Crippen molar-refractivity contribution in [3.63, 3.8) is 0 Å². The van der Waals surface area contributed by atoms with E-state index in [1.165, 1.54) is 0 Å². The maximum absolute atomic E-state index is 11.9. The third-order valence-electron chi connectivity index (χ3n) is 3.58. The van der Waals surface area contributed by atoms with Gasteiger partial charge in [0.05, 0.1) is 0 Å². The number of hydrogen-bond acceptors (Lipinski definition) is 5. The normalized spacial score (nSPS) is 22.8. The molecule has 1 rings (SSSR count). The van der Waals surface area contributed by atoms with Gasteiger partial charge in [-0.05, 0) is 60.8 Å². The van der Waals surface area contributed by atoms with Gasteiger partial charge in [0.1, 0.15) is 5.60 Å². The lowest BCUT2D eigenvalue weighted by molar-refractivity contribution is -0.144. The highest BCUT2D eigenvalue weighted by molar-refractivity contribution is 5.85. The zero-order chi connectivity index (χ0) is 17.0. The van der Waals surface area contributed by atoms with Crippen molar-refractivity contribution in [1.82, 2.24) is 15.1 Å². The number of hydrogen-bond donors (Lipinski definition) is 2. The molecule has 128 valence electrons. The van der Waals surface area contributed by atoms with E-state index in [-0.39, 0.29) is 0 Å². The van der Waals surface area contributed by atoms with E-state index in [1.54, 1.807) is 20.8 Å². The van der Waals surface area contributed by atoms with Crippen LogP contribution in [0.25, 0.3) is 0 Å². The summed E-state index contributed by atoms with van der Waals surface area (Å²) in [4.78, 5) is 27.7. The van der Waals surface area contributed by atoms with Crippen molar-refractivity contribution >= 4 is 12.1 Å². The Morgan fingerprint density at radius 1 is 1.36 bits per heavy atom. The zero-order valence-corrected chi connectivity index (χ0v) is 14.3. The number of aliphatic carboxylic acids is 1. The molecule has 0 spiro atoms. The van der Waals surface area contributed by atoms with Crippen LogP contribution in [0, 0.1) is 0 Å². The fourth-order valence-electron chi connectivity index (χ4n) is 2.52. The summed E-state index contributed by atoms with van der Waals surface area (Å²) < 4.78 is 5.18. The van der Waals surface area contributed by atoms with Crippen LogP contribution in [0.3, 0.4) is 0 Å². The first-order valence-electron chi connectivity index (χ1n) is 7.66. The van der Waals surface area contributed by atoms with Crippen molar-refractivity contribution in [2.24, 2.45) is 0 Å². The van der Waals surface area contributed by atoms with Gasteiger partial charge < -0.3 is 25.0 Å². The predicted octanol–water partition coefficient (Wildman–Crippen LogP) is 0.992. The van der Waals surface area contributed by atoms with Gasteiger partial charge in [-0.15, -0.1) is 0 Å². The summed E-state index contributed by atoms with van der Waals surface area (Å²) in [6.45, 7) is 8.01. The summed E-state index contributed by atoms with van der Waals surface area (Å²) in [5, 5.41) is 12.1. The minimum absolute atomic E-state index is 0.314. The second kappa shape index (κ2) is 7.28. The molecule has 1 unspecified atom stereocenters. The van der Waals surface area contributed by atoms with E-state index in [0.29, 0.717) is 19.5 Å². The van der Waals surface area contributed by atoms with E-state index in [9.17, 15) is 14.7 Å². The average Bonchev–Trinajstić information content (AvgIpc) is 2.70. The zero-order valence-electron chi connectivity index (χ0n) is 14.3. The highest BCUT2D eigenvalue weighted by Crippen LogP contribution is 2.23. The van der Waals surface area contributed by atoms with Crippen molar-refractivity contribution in [2.45, 2.75) is 44.8 Å². The molecule has 0 aromatic heterocycles. The van der Waals surface area contributed by atoms with Crippen LogP contribution in [0.15, 0.2) is 0 Å². The summed E-state index contributed by atoms with van der Waals surface area (Å²) in [7, 11) is 4.02. The summed E-state index contributed by atoms with van der Waals surface area (Å²) in [6.07, 6.45) is 0.684. The Balaban J connectivity index is 2.59. The minimum Gasteiger partial charge on any atom is -0.479 e. The molecule has 0 saturated carbocycles. The summed E-state index contributed by atoms with van der Waals surface area (Å²) >= 11 is 0. The SMILES string of the molecule is CN(C)CCCN1CCC(NC(=O)OC(C)(C)C)(C(=O)O)C1. The lowest BCUT2D eigenvalue weighted by Crippen LogP contribution is -2.57. The number of ether oxygens (including phenoxy) is 1. The van der Waals surface area contributed by atoms with E-state index in [2.05, 4.69) is 15.1 Å². The molecular formula is C15H29N3O4. The van der Waals surface area contributed by atoms with Gasteiger partial charge in [0.15, 0.2) is 5.54 Å². The molecule has 0 radical (unpaired) electrons. The largest absolute Gasteiger partial charge is 0.479 e. The Morgan fingerprint density at radius 3 is 2.50 bits per heavy atom. The molecule has 0 bridgehead atoms. The standard InChI is InChI=1S/C15H29N3O4/c1-14(2,3)22-13(21)16-15(12(19)20)7-10-18(11-15)9-6-8-17(4)5/h6-11H2,1-5H3,(H,16,21)(H,19,20). The summed E-state index contributed by atoms with van der Waals surface area (Å²) in [6, 6.07) is 0. The van der Waals surface area contributed by atoms with Gasteiger partial charge in [0.25, 0.3) is 0 Å². The molecule has 1 saturated heterocycles. The number of amides is 1. The molecule has 1 fully saturated rings. The molecule has 2 N–H and O–H groups in total. The lowest BCUT2D eigenvalue weighted by Gasteiger charge is -2.28. The van der Waals surface area contributed by atoms with E-state index < -0.39 is 23.2 Å². The van der Waals surface area contributed by atoms with E-state index in [4.69, 9.17) is 4.74 Å². The fraction of sp³-hybridized carbons (Fsp3) is 0.867. The smallest absolute Gasteiger partial charge is 0.408 e. The lowest BCUT2D eigenvalue weighted by atomic mass is 9.99. The molecule has 1 heterocycles. The highest BCUT2D eigenvalue weighted by atomic mass is 16.6. The van der Waals surface area contributed by atoms with Crippen LogP contribution in [0.1, 0.15) is 33.6 Å². The topological polar surface area (TPSA) is 82.1 Å². The number of carbonyl (C=O) groups is 2. The van der Waals surface area contributed by atoms with Gasteiger partial charge in [-0.2, -0.15) is 0 Å². The van der Waals surface area contributed by atoms with E-state index in [0.717, 1.165) is 19.5 Å². The van der Waals surface area contributed by atoms with Crippen molar-refractivity contribution in [3.05, 3.63) is 0 Å². The molecule has 1 aliphatic heterocycles. The molecule has 0 aliphatic carbocycles. The molecular weight excluding hydrogens is 286 g/mol. The molecule has 0 aromatic rings. The van der Waals surface area contributed by atoms with Crippen LogP contribution in [-0.2, 0) is 9.53 Å². The molecule has 1 atom stereocenters. The Morgan fingerprint density at radius 2 is 2.00 bits per heavy atom. The van der Waals surface area contributed by atoms with Crippen LogP contribution >= 0.6 is 0 Å². The number of likely N-dealkylation sites (tertiary alicyclic amines) is 1. The highest BCUT2D eigenvalue weighted by Gasteiger charge is 2.46. The Hall–Kier alpha value is -1.34. The van der Waals surface area contributed by atoms with Gasteiger partial charge in [-0.3, -0.25) is 0 Å². The van der Waals surface area contributed by atoms with Crippen LogP contribution in [0.5, 0.6) is 0 Å². The molecule has 7 heteroatoms. The van der Waals surface area contributed by atoms with Crippen LogP contribution in [-0.4, -0.2) is 78.4 Å². The number of carboxylic acids is 1. The first-order chi connectivity index (χ1) is 10.0. The van der Waals surface area contributed by atoms with Gasteiger partial charge in [-0.1, -0.05) is 0 Å². The number of nitrogens with zero attached hydrogens (tertiary/aromatic N) is 2. The maximum Gasteiger partial charge on any atom is 0.408 e. The number of rotatable bonds is 6. The first kappa shape index (κ1) is 18.7. The van der Waals surface area contributed by atoms with Crippen LogP contribution in [0.2, 0.25) is 0 Å². The van der Waals surface area contributed by atoms with E-state index in [1.807, 2.05) is 14.1 Å². The second-order valence-electron chi connectivity index (χ2n) is 7.20. The third-order valence-corrected chi connectivity index (χ3v) is 3.58. The van der Waals surface area contributed by atoms with Gasteiger partial charge in [-0.25, -0.2) is 9.59 Å². The third kappa shape index (κ3) is 5.81. The molecule has 22 heavy (non-hydrogen) atoms. The van der Waals surface area contributed by atoms with Crippen LogP contribution in [0.4, 0.5) is 4.79 Å². The van der Waals surface area contributed by atoms with Crippen molar-refractivity contribution in [1.29, 1.82) is 0 Å². The summed E-state index contributed by atoms with van der Waals surface area (Å²) in [5.41, 5.74) is -1.89. The first-order valence-corrected chi connectivity index (χ1v) is 7.66. The fourth-order valence-corrected chi connectivity index (χ4v) is 2.52. The van der Waals surface area contributed by atoms with Crippen LogP contribution < -0.4 is 5.32 Å². The average molecular weight is 315 g/mol. The minimum atomic E-state index is -1.25. The summed E-state index contributed by atoms with van der Waals surface area (Å²) in [5.74, 6) is -1.01. The van der Waals surface area contributed by atoms with Gasteiger partial charge in [0, 0.05) is 13.1 Å². The number of carboxylic acid groups (broad SMARTS) is 1. The number of nitrogens with one attached hydrogen (secondary N) is 1. The molecule has 1 amide bonds. The molecule has 0 aromatic carbocycles.